The summed E-state index contributed by atoms with van der Waals surface area (Å²) >= 11 is 0. The Morgan fingerprint density at radius 2 is 1.40 bits per heavy atom. The Bertz CT molecular complexity index is 1530. The third-order valence-electron chi connectivity index (χ3n) is 5.01. The molecule has 6 heteroatoms. The van der Waals surface area contributed by atoms with Crippen LogP contribution in [0.2, 0.25) is 0 Å². The van der Waals surface area contributed by atoms with Crippen molar-refractivity contribution in [2.24, 2.45) is 0 Å². The summed E-state index contributed by atoms with van der Waals surface area (Å²) in [5, 5.41) is 10.1. The maximum absolute atomic E-state index is 13.4. The van der Waals surface area contributed by atoms with Crippen LogP contribution in [0.1, 0.15) is 5.56 Å². The van der Waals surface area contributed by atoms with Gasteiger partial charge >= 0.3 is 5.69 Å². The van der Waals surface area contributed by atoms with E-state index in [0.717, 1.165) is 15.6 Å². The Balaban J connectivity index is 1.97. The molecule has 2 heterocycles. The molecule has 3 aromatic rings. The van der Waals surface area contributed by atoms with E-state index < -0.39 is 11.2 Å². The topological polar surface area (TPSA) is 80.7 Å². The summed E-state index contributed by atoms with van der Waals surface area (Å²) in [5.41, 5.74) is 1.61. The fourth-order valence-corrected chi connectivity index (χ4v) is 3.64. The second-order valence-corrected chi connectivity index (χ2v) is 6.81. The Hall–Kier alpha value is -4.50. The van der Waals surface area contributed by atoms with Gasteiger partial charge in [0.05, 0.1) is 28.4 Å². The third-order valence-corrected chi connectivity index (χ3v) is 5.01. The van der Waals surface area contributed by atoms with Gasteiger partial charge in [0.2, 0.25) is 0 Å². The fourth-order valence-electron chi connectivity index (χ4n) is 3.64. The van der Waals surface area contributed by atoms with E-state index in [1.807, 2.05) is 36.4 Å². The average Bonchev–Trinajstić information content (AvgIpc) is 2.79. The maximum Gasteiger partial charge on any atom is 0.357 e. The van der Waals surface area contributed by atoms with Gasteiger partial charge in [-0.1, -0.05) is 42.5 Å². The highest BCUT2D eigenvalue weighted by Crippen LogP contribution is 2.28. The Kier molecular flexibility index (Phi) is 4.01. The Labute approximate surface area is 170 Å². The minimum Gasteiger partial charge on any atom is -0.294 e. The normalized spacial score (nSPS) is 10.9. The molecule has 0 spiro atoms. The van der Waals surface area contributed by atoms with Crippen molar-refractivity contribution in [1.82, 2.24) is 14.1 Å². The SMILES string of the molecule is N#Cc1ccc2cc3c(=O)n(-c4ccccc4)c(=O)nc-3n(-c3ccccc3)c2c1. The molecule has 142 valence electrons. The predicted octanol–water partition coefficient (Wildman–Crippen LogP) is 3.51. The lowest BCUT2D eigenvalue weighted by Gasteiger charge is -2.19. The summed E-state index contributed by atoms with van der Waals surface area (Å²) in [7, 11) is 0. The van der Waals surface area contributed by atoms with Gasteiger partial charge in [-0.2, -0.15) is 10.2 Å². The highest BCUT2D eigenvalue weighted by Gasteiger charge is 2.21. The summed E-state index contributed by atoms with van der Waals surface area (Å²) in [5.74, 6) is 0.256. The van der Waals surface area contributed by atoms with Gasteiger partial charge in [-0.05, 0) is 47.9 Å². The molecule has 0 amide bonds. The van der Waals surface area contributed by atoms with E-state index in [1.54, 1.807) is 53.1 Å². The smallest absolute Gasteiger partial charge is 0.294 e. The zero-order chi connectivity index (χ0) is 20.7. The molecule has 0 aromatic heterocycles. The molecule has 2 aliphatic rings. The summed E-state index contributed by atoms with van der Waals surface area (Å²) in [6.07, 6.45) is 0. The van der Waals surface area contributed by atoms with Crippen molar-refractivity contribution in [2.45, 2.75) is 0 Å². The second-order valence-electron chi connectivity index (χ2n) is 6.81. The van der Waals surface area contributed by atoms with Gasteiger partial charge in [-0.3, -0.25) is 9.36 Å². The fraction of sp³-hybridized carbons (Fsp3) is 0. The molecule has 5 rings (SSSR count). The van der Waals surface area contributed by atoms with E-state index in [1.165, 1.54) is 0 Å². The van der Waals surface area contributed by atoms with Crippen LogP contribution in [0.25, 0.3) is 33.7 Å². The molecule has 0 fully saturated rings. The molecule has 0 atom stereocenters. The number of fused-ring (bicyclic) bond motifs is 2. The number of nitrogens with zero attached hydrogens (tertiary/aromatic N) is 4. The van der Waals surface area contributed by atoms with Gasteiger partial charge in [-0.25, -0.2) is 9.36 Å². The van der Waals surface area contributed by atoms with Crippen molar-refractivity contribution in [3.63, 3.8) is 0 Å². The number of rotatable bonds is 2. The first kappa shape index (κ1) is 17.6. The number of aromatic nitrogens is 3. The van der Waals surface area contributed by atoms with Crippen LogP contribution in [0.3, 0.4) is 0 Å². The van der Waals surface area contributed by atoms with Crippen LogP contribution in [0.4, 0.5) is 0 Å². The number of pyridine rings is 1. The van der Waals surface area contributed by atoms with Gasteiger partial charge in [-0.15, -0.1) is 0 Å². The lowest BCUT2D eigenvalue weighted by atomic mass is 10.1. The molecular formula is C24H14N4O2. The Morgan fingerprint density at radius 1 is 0.767 bits per heavy atom. The zero-order valence-corrected chi connectivity index (χ0v) is 15.7. The largest absolute Gasteiger partial charge is 0.357 e. The van der Waals surface area contributed by atoms with Crippen molar-refractivity contribution in [2.75, 3.05) is 0 Å². The maximum atomic E-state index is 13.4. The first-order chi connectivity index (χ1) is 14.7. The number of hydrogen-bond donors (Lipinski definition) is 0. The van der Waals surface area contributed by atoms with Crippen LogP contribution in [0, 0.1) is 11.3 Å². The monoisotopic (exact) mass is 390 g/mol. The van der Waals surface area contributed by atoms with Gasteiger partial charge in [0, 0.05) is 5.69 Å². The lowest BCUT2D eigenvalue weighted by Crippen LogP contribution is -2.36. The molecule has 0 unspecified atom stereocenters. The van der Waals surface area contributed by atoms with Crippen LogP contribution in [-0.2, 0) is 0 Å². The van der Waals surface area contributed by atoms with Crippen molar-refractivity contribution >= 4 is 10.9 Å². The highest BCUT2D eigenvalue weighted by molar-refractivity contribution is 5.88. The summed E-state index contributed by atoms with van der Waals surface area (Å²) in [6.45, 7) is 0. The number of benzene rings is 3. The molecule has 0 saturated carbocycles. The number of para-hydroxylation sites is 2. The highest BCUT2D eigenvalue weighted by atomic mass is 16.2. The minimum absolute atomic E-state index is 0.256. The van der Waals surface area contributed by atoms with Crippen molar-refractivity contribution in [3.05, 3.63) is 111 Å². The Morgan fingerprint density at radius 3 is 2.03 bits per heavy atom. The third kappa shape index (κ3) is 2.69. The lowest BCUT2D eigenvalue weighted by molar-refractivity contribution is 0.854. The molecule has 30 heavy (non-hydrogen) atoms. The molecule has 6 nitrogen and oxygen atoms in total. The predicted molar refractivity (Wildman–Crippen MR) is 114 cm³/mol. The van der Waals surface area contributed by atoms with Gasteiger partial charge in [0.1, 0.15) is 0 Å². The van der Waals surface area contributed by atoms with Crippen LogP contribution in [0.15, 0.2) is 94.5 Å². The molecule has 0 saturated heterocycles. The van der Waals surface area contributed by atoms with Crippen molar-refractivity contribution in [1.29, 1.82) is 5.26 Å². The van der Waals surface area contributed by atoms with E-state index in [0.29, 0.717) is 22.3 Å². The number of nitriles is 1. The van der Waals surface area contributed by atoms with E-state index in [2.05, 4.69) is 11.1 Å². The summed E-state index contributed by atoms with van der Waals surface area (Å²) in [6, 6.07) is 27.2. The van der Waals surface area contributed by atoms with Crippen LogP contribution < -0.4 is 11.2 Å². The standard InChI is InChI=1S/C24H14N4O2/c25-15-16-11-12-17-14-20-22(27(21(17)13-16)18-7-3-1-4-8-18)26-24(30)28(23(20)29)19-9-5-2-6-10-19/h1-14H. The average molecular weight is 390 g/mol. The van der Waals surface area contributed by atoms with Crippen LogP contribution in [-0.4, -0.2) is 14.1 Å². The molecular weight excluding hydrogens is 376 g/mol. The second kappa shape index (κ2) is 6.83. The van der Waals surface area contributed by atoms with Crippen LogP contribution in [0.5, 0.6) is 0 Å². The van der Waals surface area contributed by atoms with Gasteiger partial charge in [0.15, 0.2) is 5.82 Å². The molecule has 3 aromatic carbocycles. The molecule has 0 radical (unpaired) electrons. The van der Waals surface area contributed by atoms with E-state index in [-0.39, 0.29) is 5.82 Å². The summed E-state index contributed by atoms with van der Waals surface area (Å²) < 4.78 is 2.83. The molecule has 2 aliphatic heterocycles. The molecule has 0 aliphatic carbocycles. The number of hydrogen-bond acceptors (Lipinski definition) is 4. The van der Waals surface area contributed by atoms with Crippen LogP contribution >= 0.6 is 0 Å². The van der Waals surface area contributed by atoms with Gasteiger partial charge < -0.3 is 0 Å². The first-order valence-corrected chi connectivity index (χ1v) is 9.31. The van der Waals surface area contributed by atoms with Gasteiger partial charge in [0.25, 0.3) is 5.56 Å². The van der Waals surface area contributed by atoms with E-state index in [4.69, 9.17) is 0 Å². The van der Waals surface area contributed by atoms with Crippen molar-refractivity contribution in [3.8, 4) is 28.8 Å². The zero-order valence-electron chi connectivity index (χ0n) is 15.7. The quantitative estimate of drug-likeness (QED) is 0.432. The molecule has 0 N–H and O–H groups in total. The summed E-state index contributed by atoms with van der Waals surface area (Å²) in [4.78, 5) is 30.5. The first-order valence-electron chi connectivity index (χ1n) is 9.31. The van der Waals surface area contributed by atoms with E-state index >= 15 is 0 Å². The van der Waals surface area contributed by atoms with Crippen molar-refractivity contribution < 1.29 is 0 Å². The minimum atomic E-state index is -0.654. The van der Waals surface area contributed by atoms with E-state index in [9.17, 15) is 14.9 Å². The molecule has 0 bridgehead atoms.